The second-order valence-corrected chi connectivity index (χ2v) is 7.69. The lowest BCUT2D eigenvalue weighted by atomic mass is 10.1. The van der Waals surface area contributed by atoms with E-state index in [-0.39, 0.29) is 17.0 Å². The number of carbonyl (C=O) groups is 1. The Bertz CT molecular complexity index is 1490. The first-order chi connectivity index (χ1) is 17.5. The predicted molar refractivity (Wildman–Crippen MR) is 124 cm³/mol. The Morgan fingerprint density at radius 1 is 0.919 bits per heavy atom. The monoisotopic (exact) mass is 519 g/mol. The predicted octanol–water partition coefficient (Wildman–Crippen LogP) is 5.28. The maximum absolute atomic E-state index is 15.1. The molecule has 1 amide bonds. The quantitative estimate of drug-likeness (QED) is 0.352. The van der Waals surface area contributed by atoms with E-state index in [0.717, 1.165) is 41.1 Å². The minimum Gasteiger partial charge on any atom is -0.497 e. The Balaban J connectivity index is 1.83. The number of benzene rings is 3. The molecule has 0 saturated heterocycles. The molecule has 0 radical (unpaired) electrons. The summed E-state index contributed by atoms with van der Waals surface area (Å²) in [6.07, 6.45) is -4.92. The molecule has 3 aromatic carbocycles. The summed E-state index contributed by atoms with van der Waals surface area (Å²) in [5, 5.41) is 2.35. The number of methoxy groups -OCH3 is 1. The van der Waals surface area contributed by atoms with E-state index in [0.29, 0.717) is 5.69 Å². The summed E-state index contributed by atoms with van der Waals surface area (Å²) < 4.78 is 78.3. The summed E-state index contributed by atoms with van der Waals surface area (Å²) in [5.41, 5.74) is -1.92. The number of alkyl halides is 3. The van der Waals surface area contributed by atoms with Gasteiger partial charge in [0.25, 0.3) is 11.5 Å². The van der Waals surface area contributed by atoms with Gasteiger partial charge in [0.2, 0.25) is 0 Å². The summed E-state index contributed by atoms with van der Waals surface area (Å²) in [4.78, 5) is 26.4. The zero-order valence-electron chi connectivity index (χ0n) is 19.3. The zero-order valence-corrected chi connectivity index (χ0v) is 19.3. The summed E-state index contributed by atoms with van der Waals surface area (Å²) in [7, 11) is 2.61. The van der Waals surface area contributed by atoms with Crippen LogP contribution in [0.1, 0.15) is 10.4 Å². The first-order valence-electron chi connectivity index (χ1n) is 10.6. The third-order valence-corrected chi connectivity index (χ3v) is 5.34. The maximum atomic E-state index is 15.1. The molecule has 4 rings (SSSR count). The van der Waals surface area contributed by atoms with Crippen molar-refractivity contribution >= 4 is 11.6 Å². The third kappa shape index (κ3) is 5.17. The zero-order chi connectivity index (χ0) is 26.9. The maximum Gasteiger partial charge on any atom is 0.573 e. The van der Waals surface area contributed by atoms with Crippen molar-refractivity contribution in [2.24, 2.45) is 7.05 Å². The lowest BCUT2D eigenvalue weighted by Gasteiger charge is -2.13. The minimum atomic E-state index is -4.92. The van der Waals surface area contributed by atoms with E-state index in [9.17, 15) is 22.8 Å². The Morgan fingerprint density at radius 3 is 2.05 bits per heavy atom. The molecule has 1 heterocycles. The number of hydrogen-bond acceptors (Lipinski definition) is 4. The largest absolute Gasteiger partial charge is 0.573 e. The molecule has 0 fully saturated rings. The number of nitrogens with one attached hydrogen (secondary N) is 1. The van der Waals surface area contributed by atoms with Gasteiger partial charge in [0.15, 0.2) is 0 Å². The molecule has 0 aliphatic carbocycles. The van der Waals surface area contributed by atoms with Crippen molar-refractivity contribution in [1.82, 2.24) is 9.36 Å². The molecule has 37 heavy (non-hydrogen) atoms. The number of hydrogen-bond donors (Lipinski definition) is 1. The fourth-order valence-corrected chi connectivity index (χ4v) is 3.75. The van der Waals surface area contributed by atoms with Gasteiger partial charge in [0, 0.05) is 24.7 Å². The fraction of sp³-hybridized carbons (Fsp3) is 0.120. The van der Waals surface area contributed by atoms with Crippen molar-refractivity contribution in [2.45, 2.75) is 6.36 Å². The van der Waals surface area contributed by atoms with Crippen LogP contribution in [0.4, 0.5) is 27.6 Å². The van der Waals surface area contributed by atoms with Gasteiger partial charge < -0.3 is 14.8 Å². The van der Waals surface area contributed by atoms with E-state index in [1.807, 2.05) is 0 Å². The van der Waals surface area contributed by atoms with E-state index in [1.165, 1.54) is 18.8 Å². The molecule has 0 aliphatic heterocycles. The van der Waals surface area contributed by atoms with Crippen molar-refractivity contribution in [3.05, 3.63) is 94.3 Å². The molecule has 1 aromatic heterocycles. The summed E-state index contributed by atoms with van der Waals surface area (Å²) in [6, 6.07) is 13.9. The van der Waals surface area contributed by atoms with Crippen molar-refractivity contribution in [2.75, 3.05) is 12.4 Å². The van der Waals surface area contributed by atoms with Crippen LogP contribution in [0, 0.1) is 11.6 Å². The van der Waals surface area contributed by atoms with E-state index in [4.69, 9.17) is 4.74 Å². The van der Waals surface area contributed by atoms with E-state index >= 15 is 8.78 Å². The smallest absolute Gasteiger partial charge is 0.497 e. The minimum absolute atomic E-state index is 0.0991. The Hall–Kier alpha value is -4.61. The van der Waals surface area contributed by atoms with Crippen LogP contribution in [0.3, 0.4) is 0 Å². The third-order valence-electron chi connectivity index (χ3n) is 5.34. The van der Waals surface area contributed by atoms with Crippen LogP contribution in [-0.4, -0.2) is 28.7 Å². The van der Waals surface area contributed by atoms with E-state index < -0.39 is 46.5 Å². The summed E-state index contributed by atoms with van der Waals surface area (Å²) >= 11 is 0. The molecule has 4 aromatic rings. The van der Waals surface area contributed by atoms with Crippen LogP contribution in [0.15, 0.2) is 71.5 Å². The lowest BCUT2D eigenvalue weighted by molar-refractivity contribution is -0.274. The van der Waals surface area contributed by atoms with Gasteiger partial charge in [-0.3, -0.25) is 14.3 Å². The first-order valence-corrected chi connectivity index (χ1v) is 10.6. The molecule has 0 spiro atoms. The molecular formula is C25H18F5N3O4. The SMILES string of the molecule is COc1cc(F)c(-c2c(NC(=O)c3ccc(OC(F)(F)F)cc3)c(=O)n(-c3ccccc3)n2C)c(F)c1. The second kappa shape index (κ2) is 9.80. The molecule has 1 N–H and O–H groups in total. The fourth-order valence-electron chi connectivity index (χ4n) is 3.75. The van der Waals surface area contributed by atoms with Gasteiger partial charge in [-0.15, -0.1) is 13.2 Å². The highest BCUT2D eigenvalue weighted by Gasteiger charge is 2.31. The van der Waals surface area contributed by atoms with E-state index in [2.05, 4.69) is 10.1 Å². The number of rotatable bonds is 6. The van der Waals surface area contributed by atoms with Crippen LogP contribution in [-0.2, 0) is 7.05 Å². The van der Waals surface area contributed by atoms with Gasteiger partial charge in [-0.1, -0.05) is 18.2 Å². The number of halogens is 5. The van der Waals surface area contributed by atoms with Gasteiger partial charge in [0.05, 0.1) is 18.4 Å². The average molecular weight is 519 g/mol. The van der Waals surface area contributed by atoms with E-state index in [1.54, 1.807) is 30.3 Å². The molecule has 12 heteroatoms. The molecule has 0 atom stereocenters. The summed E-state index contributed by atoms with van der Waals surface area (Å²) in [6.45, 7) is 0. The number of nitrogens with zero attached hydrogens (tertiary/aromatic N) is 2. The van der Waals surface area contributed by atoms with Gasteiger partial charge in [-0.2, -0.15) is 0 Å². The highest BCUT2D eigenvalue weighted by molar-refractivity contribution is 6.06. The van der Waals surface area contributed by atoms with Gasteiger partial charge in [-0.25, -0.2) is 13.5 Å². The topological polar surface area (TPSA) is 74.5 Å². The molecule has 0 bridgehead atoms. The molecule has 192 valence electrons. The van der Waals surface area contributed by atoms with Gasteiger partial charge >= 0.3 is 6.36 Å². The number of carbonyl (C=O) groups excluding carboxylic acids is 1. The van der Waals surface area contributed by atoms with Crippen molar-refractivity contribution in [3.8, 4) is 28.4 Å². The number of para-hydroxylation sites is 1. The Morgan fingerprint density at radius 2 is 1.51 bits per heavy atom. The van der Waals surface area contributed by atoms with Crippen LogP contribution >= 0.6 is 0 Å². The summed E-state index contributed by atoms with van der Waals surface area (Å²) in [5.74, 6) is -3.67. The van der Waals surface area contributed by atoms with Crippen LogP contribution < -0.4 is 20.3 Å². The first kappa shape index (κ1) is 25.5. The number of amides is 1. The second-order valence-electron chi connectivity index (χ2n) is 7.69. The van der Waals surface area contributed by atoms with Crippen LogP contribution in [0.5, 0.6) is 11.5 Å². The molecule has 7 nitrogen and oxygen atoms in total. The van der Waals surface area contributed by atoms with Crippen LogP contribution in [0.25, 0.3) is 16.9 Å². The molecule has 0 saturated carbocycles. The number of aromatic nitrogens is 2. The van der Waals surface area contributed by atoms with Crippen molar-refractivity contribution in [3.63, 3.8) is 0 Å². The lowest BCUT2D eigenvalue weighted by Crippen LogP contribution is -2.23. The number of anilines is 1. The Kier molecular flexibility index (Phi) is 6.75. The van der Waals surface area contributed by atoms with Crippen molar-refractivity contribution in [1.29, 1.82) is 0 Å². The molecule has 0 unspecified atom stereocenters. The normalized spacial score (nSPS) is 11.3. The Labute approximate surface area is 206 Å². The highest BCUT2D eigenvalue weighted by atomic mass is 19.4. The highest BCUT2D eigenvalue weighted by Crippen LogP contribution is 2.34. The number of ether oxygens (including phenoxy) is 2. The average Bonchev–Trinajstić information content (AvgIpc) is 3.07. The molecule has 0 aliphatic rings. The van der Waals surface area contributed by atoms with Gasteiger partial charge in [0.1, 0.15) is 34.5 Å². The molecular weight excluding hydrogens is 501 g/mol. The van der Waals surface area contributed by atoms with Crippen molar-refractivity contribution < 1.29 is 36.2 Å². The standard InChI is InChI=1S/C25H18F5N3O4/c1-32-22(20-18(26)12-17(36-2)13-19(20)27)21(24(35)33(32)15-6-4-3-5-7-15)31-23(34)14-8-10-16(11-9-14)37-25(28,29)30/h3-13H,1-2H3,(H,31,34). The van der Waals surface area contributed by atoms with Crippen LogP contribution in [0.2, 0.25) is 0 Å². The van der Waals surface area contributed by atoms with Gasteiger partial charge in [-0.05, 0) is 36.4 Å².